The van der Waals surface area contributed by atoms with E-state index in [-0.39, 0.29) is 18.7 Å². The smallest absolute Gasteiger partial charge is 0.283 e. The minimum absolute atomic E-state index is 0.0915. The van der Waals surface area contributed by atoms with Crippen LogP contribution in [0.3, 0.4) is 0 Å². The normalized spacial score (nSPS) is 17.7. The molecule has 1 atom stereocenters. The second-order valence-electron chi connectivity index (χ2n) is 5.68. The molecule has 5 nitrogen and oxygen atoms in total. The Morgan fingerprint density at radius 1 is 1.48 bits per heavy atom. The Bertz CT molecular complexity index is 512. The molecule has 0 radical (unpaired) electrons. The lowest BCUT2D eigenvalue weighted by Gasteiger charge is -2.31. The number of rotatable bonds is 6. The lowest BCUT2D eigenvalue weighted by atomic mass is 9.83. The van der Waals surface area contributed by atoms with E-state index in [9.17, 15) is 4.79 Å². The summed E-state index contributed by atoms with van der Waals surface area (Å²) >= 11 is 3.37. The number of anilines is 1. The Morgan fingerprint density at radius 2 is 2.19 bits per heavy atom. The van der Waals surface area contributed by atoms with Crippen molar-refractivity contribution in [3.63, 3.8) is 0 Å². The highest BCUT2D eigenvalue weighted by atomic mass is 79.9. The monoisotopic (exact) mass is 357 g/mol. The number of aromatic nitrogens is 2. The van der Waals surface area contributed by atoms with Crippen molar-refractivity contribution in [2.45, 2.75) is 58.0 Å². The quantitative estimate of drug-likeness (QED) is 0.821. The molecule has 0 saturated heterocycles. The third-order valence-corrected chi connectivity index (χ3v) is 5.06. The van der Waals surface area contributed by atoms with E-state index >= 15 is 0 Å². The molecule has 1 aromatic rings. The van der Waals surface area contributed by atoms with Crippen molar-refractivity contribution in [2.24, 2.45) is 5.92 Å². The molecule has 0 amide bonds. The molecule has 1 aliphatic rings. The molecule has 1 unspecified atom stereocenters. The number of hydrogen-bond acceptors (Lipinski definition) is 4. The zero-order valence-electron chi connectivity index (χ0n) is 12.5. The van der Waals surface area contributed by atoms with Crippen LogP contribution in [0.25, 0.3) is 0 Å². The minimum atomic E-state index is -0.201. The highest BCUT2D eigenvalue weighted by Gasteiger charge is 2.23. The number of halogens is 1. The van der Waals surface area contributed by atoms with Crippen LogP contribution in [0.4, 0.5) is 5.69 Å². The molecule has 1 aliphatic carbocycles. The Balaban J connectivity index is 2.13. The summed E-state index contributed by atoms with van der Waals surface area (Å²) in [5.41, 5.74) is 0.555. The molecular formula is C15H24BrN3O2. The molecule has 1 fully saturated rings. The predicted octanol–water partition coefficient (Wildman–Crippen LogP) is 2.77. The first-order valence-corrected chi connectivity index (χ1v) is 8.59. The average molecular weight is 358 g/mol. The first kappa shape index (κ1) is 16.5. The lowest BCUT2D eigenvalue weighted by Crippen LogP contribution is -2.32. The fourth-order valence-electron chi connectivity index (χ4n) is 3.11. The van der Waals surface area contributed by atoms with Gasteiger partial charge < -0.3 is 10.4 Å². The standard InChI is InChI=1S/C15H24BrN3O2/c1-2-12(11-6-4-3-5-7-11)18-13-10-17-19(8-9-20)15(21)14(13)16/h10-12,18,20H,2-9H2,1H3. The summed E-state index contributed by atoms with van der Waals surface area (Å²) in [6.45, 7) is 2.31. The first-order chi connectivity index (χ1) is 10.2. The number of aliphatic hydroxyl groups is 1. The Kier molecular flexibility index (Phi) is 6.23. The van der Waals surface area contributed by atoms with Crippen LogP contribution in [0.15, 0.2) is 15.5 Å². The van der Waals surface area contributed by atoms with E-state index in [2.05, 4.69) is 33.3 Å². The van der Waals surface area contributed by atoms with Gasteiger partial charge in [-0.05, 0) is 41.1 Å². The fourth-order valence-corrected chi connectivity index (χ4v) is 3.53. The van der Waals surface area contributed by atoms with Crippen molar-refractivity contribution < 1.29 is 5.11 Å². The van der Waals surface area contributed by atoms with Crippen LogP contribution in [-0.2, 0) is 6.54 Å². The maximum absolute atomic E-state index is 12.1. The molecule has 1 saturated carbocycles. The molecule has 2 rings (SSSR count). The van der Waals surface area contributed by atoms with Crippen molar-refractivity contribution >= 4 is 21.6 Å². The third kappa shape index (κ3) is 4.07. The van der Waals surface area contributed by atoms with Gasteiger partial charge in [-0.1, -0.05) is 26.2 Å². The average Bonchev–Trinajstić information content (AvgIpc) is 2.52. The second kappa shape index (κ2) is 7.94. The second-order valence-corrected chi connectivity index (χ2v) is 6.47. The number of aliphatic hydroxyl groups excluding tert-OH is 1. The highest BCUT2D eigenvalue weighted by Crippen LogP contribution is 2.30. The van der Waals surface area contributed by atoms with Crippen LogP contribution >= 0.6 is 15.9 Å². The SMILES string of the molecule is CCC(Nc1cnn(CCO)c(=O)c1Br)C1CCCCC1. The highest BCUT2D eigenvalue weighted by molar-refractivity contribution is 9.10. The molecule has 0 aliphatic heterocycles. The van der Waals surface area contributed by atoms with Crippen molar-refractivity contribution in [3.8, 4) is 0 Å². The maximum atomic E-state index is 12.1. The van der Waals surface area contributed by atoms with E-state index in [1.807, 2.05) is 0 Å². The zero-order chi connectivity index (χ0) is 15.2. The Hall–Kier alpha value is -0.880. The summed E-state index contributed by atoms with van der Waals surface area (Å²) in [6, 6.07) is 0.386. The molecule has 2 N–H and O–H groups in total. The summed E-state index contributed by atoms with van der Waals surface area (Å²) in [4.78, 5) is 12.1. The number of nitrogens with zero attached hydrogens (tertiary/aromatic N) is 2. The Morgan fingerprint density at radius 3 is 2.81 bits per heavy atom. The van der Waals surface area contributed by atoms with E-state index in [1.54, 1.807) is 6.20 Å². The van der Waals surface area contributed by atoms with Gasteiger partial charge in [-0.3, -0.25) is 4.79 Å². The first-order valence-electron chi connectivity index (χ1n) is 7.80. The summed E-state index contributed by atoms with van der Waals surface area (Å²) in [5, 5.41) is 16.5. The van der Waals surface area contributed by atoms with Gasteiger partial charge in [0.1, 0.15) is 4.47 Å². The van der Waals surface area contributed by atoms with Gasteiger partial charge >= 0.3 is 0 Å². The molecule has 1 aromatic heterocycles. The van der Waals surface area contributed by atoms with E-state index in [1.165, 1.54) is 36.8 Å². The molecular weight excluding hydrogens is 334 g/mol. The van der Waals surface area contributed by atoms with Gasteiger partial charge in [0, 0.05) is 6.04 Å². The summed E-state index contributed by atoms with van der Waals surface area (Å²) in [7, 11) is 0. The van der Waals surface area contributed by atoms with Gasteiger partial charge in [0.25, 0.3) is 5.56 Å². The van der Waals surface area contributed by atoms with Crippen molar-refractivity contribution in [2.75, 3.05) is 11.9 Å². The topological polar surface area (TPSA) is 67.2 Å². The van der Waals surface area contributed by atoms with Crippen LogP contribution in [0.2, 0.25) is 0 Å². The van der Waals surface area contributed by atoms with Gasteiger partial charge in [-0.2, -0.15) is 5.10 Å². The molecule has 0 bridgehead atoms. The molecule has 0 spiro atoms. The Labute approximate surface area is 133 Å². The van der Waals surface area contributed by atoms with Gasteiger partial charge in [0.2, 0.25) is 0 Å². The van der Waals surface area contributed by atoms with E-state index in [0.29, 0.717) is 16.4 Å². The maximum Gasteiger partial charge on any atom is 0.283 e. The molecule has 0 aromatic carbocycles. The van der Waals surface area contributed by atoms with Crippen LogP contribution in [0, 0.1) is 5.92 Å². The summed E-state index contributed by atoms with van der Waals surface area (Å²) < 4.78 is 1.77. The summed E-state index contributed by atoms with van der Waals surface area (Å²) in [5.74, 6) is 0.676. The number of hydrogen-bond donors (Lipinski definition) is 2. The fraction of sp³-hybridized carbons (Fsp3) is 0.733. The molecule has 1 heterocycles. The van der Waals surface area contributed by atoms with Crippen LogP contribution in [-0.4, -0.2) is 27.5 Å². The zero-order valence-corrected chi connectivity index (χ0v) is 14.1. The lowest BCUT2D eigenvalue weighted by molar-refractivity contribution is 0.266. The minimum Gasteiger partial charge on any atom is -0.394 e. The van der Waals surface area contributed by atoms with Crippen LogP contribution in [0.1, 0.15) is 45.4 Å². The van der Waals surface area contributed by atoms with Crippen LogP contribution in [0.5, 0.6) is 0 Å². The van der Waals surface area contributed by atoms with Crippen LogP contribution < -0.4 is 10.9 Å². The molecule has 21 heavy (non-hydrogen) atoms. The summed E-state index contributed by atoms with van der Waals surface area (Å²) in [6.07, 6.45) is 9.19. The van der Waals surface area contributed by atoms with Crippen molar-refractivity contribution in [1.29, 1.82) is 0 Å². The van der Waals surface area contributed by atoms with Crippen molar-refractivity contribution in [3.05, 3.63) is 21.0 Å². The van der Waals surface area contributed by atoms with Gasteiger partial charge in [-0.15, -0.1) is 0 Å². The van der Waals surface area contributed by atoms with E-state index in [4.69, 9.17) is 5.11 Å². The van der Waals surface area contributed by atoms with Crippen molar-refractivity contribution in [1.82, 2.24) is 9.78 Å². The van der Waals surface area contributed by atoms with Gasteiger partial charge in [-0.25, -0.2) is 4.68 Å². The predicted molar refractivity (Wildman–Crippen MR) is 87.6 cm³/mol. The van der Waals surface area contributed by atoms with Gasteiger partial charge in [0.05, 0.1) is 25.0 Å². The third-order valence-electron chi connectivity index (χ3n) is 4.30. The molecule has 6 heteroatoms. The molecule has 118 valence electrons. The van der Waals surface area contributed by atoms with E-state index < -0.39 is 0 Å². The van der Waals surface area contributed by atoms with E-state index in [0.717, 1.165) is 12.1 Å². The largest absolute Gasteiger partial charge is 0.394 e. The van der Waals surface area contributed by atoms with Gasteiger partial charge in [0.15, 0.2) is 0 Å². The number of nitrogens with one attached hydrogen (secondary N) is 1.